The molecule has 1 aliphatic rings. The highest BCUT2D eigenvalue weighted by Gasteiger charge is 2.28. The summed E-state index contributed by atoms with van der Waals surface area (Å²) < 4.78 is 10.4. The van der Waals surface area contributed by atoms with Crippen LogP contribution in [0.2, 0.25) is 0 Å². The minimum absolute atomic E-state index is 0.0786. The van der Waals surface area contributed by atoms with Gasteiger partial charge < -0.3 is 19.2 Å². The normalized spacial score (nSPS) is 18.6. The third kappa shape index (κ3) is 2.46. The monoisotopic (exact) mass is 275 g/mol. The van der Waals surface area contributed by atoms with Crippen LogP contribution in [-0.2, 0) is 0 Å². The molecule has 20 heavy (non-hydrogen) atoms. The van der Waals surface area contributed by atoms with Gasteiger partial charge in [-0.1, -0.05) is 5.16 Å². The molecule has 1 aliphatic heterocycles. The Morgan fingerprint density at radius 1 is 1.55 bits per heavy atom. The Morgan fingerprint density at radius 2 is 2.45 bits per heavy atom. The van der Waals surface area contributed by atoms with Gasteiger partial charge in [0.15, 0.2) is 11.5 Å². The van der Waals surface area contributed by atoms with Crippen LogP contribution < -0.4 is 5.32 Å². The van der Waals surface area contributed by atoms with Gasteiger partial charge in [-0.05, 0) is 38.1 Å². The van der Waals surface area contributed by atoms with Crippen molar-refractivity contribution in [3.05, 3.63) is 30.2 Å². The summed E-state index contributed by atoms with van der Waals surface area (Å²) in [6, 6.07) is 5.17. The molecule has 0 saturated carbocycles. The quantitative estimate of drug-likeness (QED) is 0.918. The van der Waals surface area contributed by atoms with E-state index in [-0.39, 0.29) is 5.91 Å². The fourth-order valence-corrected chi connectivity index (χ4v) is 2.55. The highest BCUT2D eigenvalue weighted by atomic mass is 16.5. The number of aromatic nitrogens is 1. The van der Waals surface area contributed by atoms with Crippen molar-refractivity contribution >= 4 is 5.91 Å². The average molecular weight is 275 g/mol. The van der Waals surface area contributed by atoms with E-state index in [1.54, 1.807) is 24.5 Å². The molecule has 0 spiro atoms. The number of rotatable bonds is 4. The highest BCUT2D eigenvalue weighted by Crippen LogP contribution is 2.23. The second kappa shape index (κ2) is 5.50. The number of hydrogen-bond donors (Lipinski definition) is 1. The van der Waals surface area contributed by atoms with Crippen molar-refractivity contribution < 1.29 is 13.7 Å². The molecule has 1 unspecified atom stereocenters. The fourth-order valence-electron chi connectivity index (χ4n) is 2.55. The van der Waals surface area contributed by atoms with Gasteiger partial charge in [0.2, 0.25) is 5.76 Å². The molecule has 2 aromatic rings. The van der Waals surface area contributed by atoms with E-state index in [4.69, 9.17) is 8.94 Å². The Bertz CT molecular complexity index is 576. The van der Waals surface area contributed by atoms with Crippen molar-refractivity contribution in [2.75, 3.05) is 26.7 Å². The van der Waals surface area contributed by atoms with E-state index < -0.39 is 0 Å². The zero-order valence-electron chi connectivity index (χ0n) is 11.3. The topological polar surface area (TPSA) is 71.5 Å². The molecular formula is C14H17N3O3. The number of furan rings is 1. The van der Waals surface area contributed by atoms with E-state index in [2.05, 4.69) is 10.5 Å². The van der Waals surface area contributed by atoms with Gasteiger partial charge in [0.05, 0.1) is 6.26 Å². The zero-order chi connectivity index (χ0) is 13.9. The second-order valence-corrected chi connectivity index (χ2v) is 5.02. The number of nitrogens with one attached hydrogen (secondary N) is 1. The first-order valence-electron chi connectivity index (χ1n) is 6.72. The molecule has 1 N–H and O–H groups in total. The Hall–Kier alpha value is -2.08. The van der Waals surface area contributed by atoms with Crippen LogP contribution in [0.5, 0.6) is 0 Å². The predicted octanol–water partition coefficient (Wildman–Crippen LogP) is 1.62. The van der Waals surface area contributed by atoms with E-state index in [1.807, 2.05) is 11.9 Å². The van der Waals surface area contributed by atoms with Gasteiger partial charge in [-0.3, -0.25) is 4.79 Å². The van der Waals surface area contributed by atoms with Crippen LogP contribution in [-0.4, -0.2) is 42.6 Å². The minimum atomic E-state index is -0.0786. The van der Waals surface area contributed by atoms with Gasteiger partial charge in [0.25, 0.3) is 5.91 Å². The Balaban J connectivity index is 1.69. The smallest absolute Gasteiger partial charge is 0.276 e. The zero-order valence-corrected chi connectivity index (χ0v) is 11.3. The molecule has 3 heterocycles. The summed E-state index contributed by atoms with van der Waals surface area (Å²) in [5, 5.41) is 6.99. The maximum absolute atomic E-state index is 12.3. The number of carbonyl (C=O) groups is 1. The van der Waals surface area contributed by atoms with Crippen LogP contribution in [0.1, 0.15) is 16.9 Å². The number of amides is 1. The first-order chi connectivity index (χ1) is 9.78. The summed E-state index contributed by atoms with van der Waals surface area (Å²) in [4.78, 5) is 14.2. The molecular weight excluding hydrogens is 258 g/mol. The van der Waals surface area contributed by atoms with Gasteiger partial charge in [-0.25, -0.2) is 0 Å². The Kier molecular flexibility index (Phi) is 3.56. The summed E-state index contributed by atoms with van der Waals surface area (Å²) in [7, 11) is 1.93. The molecule has 2 aromatic heterocycles. The summed E-state index contributed by atoms with van der Waals surface area (Å²) >= 11 is 0. The summed E-state index contributed by atoms with van der Waals surface area (Å²) in [6.07, 6.45) is 2.58. The van der Waals surface area contributed by atoms with Gasteiger partial charge in [-0.2, -0.15) is 0 Å². The second-order valence-electron chi connectivity index (χ2n) is 5.02. The van der Waals surface area contributed by atoms with Crippen LogP contribution in [0.4, 0.5) is 0 Å². The molecule has 0 bridgehead atoms. The molecule has 6 nitrogen and oxygen atoms in total. The number of nitrogens with zero attached hydrogens (tertiary/aromatic N) is 2. The molecule has 106 valence electrons. The number of carbonyl (C=O) groups excluding carboxylic acids is 1. The SMILES string of the molecule is CNCC1CCN(C(=O)c2cc(-c3ccco3)on2)C1. The van der Waals surface area contributed by atoms with Crippen molar-refractivity contribution in [2.45, 2.75) is 6.42 Å². The van der Waals surface area contributed by atoms with E-state index in [0.29, 0.717) is 23.1 Å². The molecule has 1 amide bonds. The van der Waals surface area contributed by atoms with Gasteiger partial charge >= 0.3 is 0 Å². The average Bonchev–Trinajstić information content (AvgIpc) is 3.19. The number of hydrogen-bond acceptors (Lipinski definition) is 5. The van der Waals surface area contributed by atoms with E-state index in [1.165, 1.54) is 0 Å². The van der Waals surface area contributed by atoms with E-state index in [9.17, 15) is 4.79 Å². The van der Waals surface area contributed by atoms with Crippen LogP contribution in [0.25, 0.3) is 11.5 Å². The lowest BCUT2D eigenvalue weighted by Gasteiger charge is -2.14. The molecule has 3 rings (SSSR count). The lowest BCUT2D eigenvalue weighted by atomic mass is 10.1. The lowest BCUT2D eigenvalue weighted by Crippen LogP contribution is -2.30. The molecule has 0 radical (unpaired) electrons. The Labute approximate surface area is 116 Å². The Morgan fingerprint density at radius 3 is 3.20 bits per heavy atom. The first kappa shape index (κ1) is 12.9. The van der Waals surface area contributed by atoms with Crippen LogP contribution >= 0.6 is 0 Å². The lowest BCUT2D eigenvalue weighted by molar-refractivity contribution is 0.0777. The molecule has 1 saturated heterocycles. The summed E-state index contributed by atoms with van der Waals surface area (Å²) in [5.74, 6) is 1.49. The largest absolute Gasteiger partial charge is 0.461 e. The minimum Gasteiger partial charge on any atom is -0.461 e. The van der Waals surface area contributed by atoms with Gasteiger partial charge in [0.1, 0.15) is 0 Å². The third-order valence-electron chi connectivity index (χ3n) is 3.56. The van der Waals surface area contributed by atoms with E-state index in [0.717, 1.165) is 26.1 Å². The molecule has 6 heteroatoms. The summed E-state index contributed by atoms with van der Waals surface area (Å²) in [6.45, 7) is 2.47. The maximum Gasteiger partial charge on any atom is 0.276 e. The first-order valence-corrected chi connectivity index (χ1v) is 6.72. The van der Waals surface area contributed by atoms with Crippen molar-refractivity contribution in [3.8, 4) is 11.5 Å². The maximum atomic E-state index is 12.3. The van der Waals surface area contributed by atoms with Crippen molar-refractivity contribution in [3.63, 3.8) is 0 Å². The number of likely N-dealkylation sites (tertiary alicyclic amines) is 1. The van der Waals surface area contributed by atoms with Gasteiger partial charge in [0, 0.05) is 19.2 Å². The van der Waals surface area contributed by atoms with Gasteiger partial charge in [-0.15, -0.1) is 0 Å². The van der Waals surface area contributed by atoms with Crippen LogP contribution in [0.3, 0.4) is 0 Å². The highest BCUT2D eigenvalue weighted by molar-refractivity contribution is 5.93. The predicted molar refractivity (Wildman–Crippen MR) is 72.1 cm³/mol. The third-order valence-corrected chi connectivity index (χ3v) is 3.56. The van der Waals surface area contributed by atoms with Crippen molar-refractivity contribution in [1.82, 2.24) is 15.4 Å². The standard InChI is InChI=1S/C14H17N3O3/c1-15-8-10-4-5-17(9-10)14(18)11-7-13(20-16-11)12-3-2-6-19-12/h2-3,6-7,10,15H,4-5,8-9H2,1H3. The molecule has 1 atom stereocenters. The van der Waals surface area contributed by atoms with Crippen LogP contribution in [0, 0.1) is 5.92 Å². The van der Waals surface area contributed by atoms with Crippen molar-refractivity contribution in [2.24, 2.45) is 5.92 Å². The fraction of sp³-hybridized carbons (Fsp3) is 0.429. The van der Waals surface area contributed by atoms with E-state index >= 15 is 0 Å². The molecule has 0 aliphatic carbocycles. The van der Waals surface area contributed by atoms with Crippen LogP contribution in [0.15, 0.2) is 33.4 Å². The summed E-state index contributed by atoms with van der Waals surface area (Å²) in [5.41, 5.74) is 0.335. The van der Waals surface area contributed by atoms with Crippen molar-refractivity contribution in [1.29, 1.82) is 0 Å². The molecule has 1 fully saturated rings. The molecule has 0 aromatic carbocycles.